The van der Waals surface area contributed by atoms with E-state index >= 15 is 0 Å². The number of ether oxygens (including phenoxy) is 1. The highest BCUT2D eigenvalue weighted by molar-refractivity contribution is 6.32. The van der Waals surface area contributed by atoms with E-state index in [0.29, 0.717) is 40.5 Å². The van der Waals surface area contributed by atoms with Crippen molar-refractivity contribution in [3.05, 3.63) is 64.8 Å². The first-order valence-corrected chi connectivity index (χ1v) is 11.3. The topological polar surface area (TPSA) is 135 Å². The lowest BCUT2D eigenvalue weighted by molar-refractivity contribution is 0.265. The highest BCUT2D eigenvalue weighted by Gasteiger charge is 2.27. The number of hydrogen-bond donors (Lipinski definition) is 3. The molecule has 1 fully saturated rings. The Morgan fingerprint density at radius 1 is 1.32 bits per heavy atom. The molecule has 3 heterocycles. The van der Waals surface area contributed by atoms with Crippen molar-refractivity contribution in [3.63, 3.8) is 0 Å². The van der Waals surface area contributed by atoms with Crippen LogP contribution < -0.4 is 20.7 Å². The normalized spacial score (nSPS) is 16.0. The van der Waals surface area contributed by atoms with Crippen molar-refractivity contribution < 1.29 is 9.84 Å². The van der Waals surface area contributed by atoms with Crippen LogP contribution in [0.1, 0.15) is 29.8 Å². The quantitative estimate of drug-likeness (QED) is 0.310. The number of halogens is 1. The molecule has 4 N–H and O–H groups in total. The number of aliphatic hydroxyl groups excluding tert-OH is 1. The number of methoxy groups -OCH3 is 1. The lowest BCUT2D eigenvalue weighted by atomic mass is 10.2. The predicted molar refractivity (Wildman–Crippen MR) is 131 cm³/mol. The SMILES string of the molecule is COc1ccc(CNc2nc(N3CCC[C@H]3CO)ncc2C(N)=NCc2ncccn2)cc1Cl. The number of nitrogens with zero attached hydrogens (tertiary/aromatic N) is 6. The van der Waals surface area contributed by atoms with Gasteiger partial charge in [-0.1, -0.05) is 17.7 Å². The Morgan fingerprint density at radius 2 is 2.15 bits per heavy atom. The third-order valence-corrected chi connectivity index (χ3v) is 5.88. The molecule has 178 valence electrons. The molecular weight excluding hydrogens is 456 g/mol. The number of amidine groups is 1. The Labute approximate surface area is 202 Å². The summed E-state index contributed by atoms with van der Waals surface area (Å²) in [5.41, 5.74) is 7.83. The minimum Gasteiger partial charge on any atom is -0.495 e. The molecular formula is C23H27ClN8O2. The molecule has 1 aromatic carbocycles. The number of nitrogens with one attached hydrogen (secondary N) is 1. The van der Waals surface area contributed by atoms with Crippen molar-refractivity contribution in [1.29, 1.82) is 0 Å². The van der Waals surface area contributed by atoms with Gasteiger partial charge in [-0.15, -0.1) is 0 Å². The molecule has 1 atom stereocenters. The standard InChI is InChI=1S/C23H27ClN8O2/c1-34-19-6-5-15(10-18(19)24)11-29-22-17(21(25)28-13-20-26-7-3-8-27-20)12-30-23(31-22)32-9-2-4-16(32)14-33/h3,5-8,10,12,16,33H,2,4,9,11,13-14H2,1H3,(H2,25,28)(H,29,30,31)/t16-/m0/s1. The van der Waals surface area contributed by atoms with Crippen molar-refractivity contribution >= 4 is 29.2 Å². The lowest BCUT2D eigenvalue weighted by Crippen LogP contribution is -2.34. The molecule has 2 aromatic heterocycles. The van der Waals surface area contributed by atoms with Crippen molar-refractivity contribution in [3.8, 4) is 5.75 Å². The predicted octanol–water partition coefficient (Wildman–Crippen LogP) is 2.41. The Kier molecular flexibility index (Phi) is 7.71. The van der Waals surface area contributed by atoms with Crippen LogP contribution in [0.15, 0.2) is 47.8 Å². The second-order valence-electron chi connectivity index (χ2n) is 7.79. The summed E-state index contributed by atoms with van der Waals surface area (Å²) in [5.74, 6) is 2.52. The average Bonchev–Trinajstić information content (AvgIpc) is 3.35. The van der Waals surface area contributed by atoms with E-state index in [-0.39, 0.29) is 25.0 Å². The monoisotopic (exact) mass is 482 g/mol. The molecule has 0 spiro atoms. The zero-order valence-corrected chi connectivity index (χ0v) is 19.6. The number of benzene rings is 1. The number of aliphatic imine (C=N–C) groups is 1. The molecule has 0 bridgehead atoms. The van der Waals surface area contributed by atoms with Crippen LogP contribution in [0, 0.1) is 0 Å². The highest BCUT2D eigenvalue weighted by Crippen LogP contribution is 2.27. The van der Waals surface area contributed by atoms with Gasteiger partial charge in [-0.3, -0.25) is 4.99 Å². The summed E-state index contributed by atoms with van der Waals surface area (Å²) in [4.78, 5) is 24.1. The summed E-state index contributed by atoms with van der Waals surface area (Å²) < 4.78 is 5.23. The van der Waals surface area contributed by atoms with Gasteiger partial charge in [-0.25, -0.2) is 15.0 Å². The van der Waals surface area contributed by atoms with Crippen LogP contribution in [-0.2, 0) is 13.1 Å². The fourth-order valence-electron chi connectivity index (χ4n) is 3.78. The molecule has 1 saturated heterocycles. The Bertz CT molecular complexity index is 1150. The fraction of sp³-hybridized carbons (Fsp3) is 0.348. The maximum Gasteiger partial charge on any atom is 0.227 e. The molecule has 0 aliphatic carbocycles. The number of nitrogens with two attached hydrogens (primary N) is 1. The first kappa shape index (κ1) is 23.7. The van der Waals surface area contributed by atoms with Crippen LogP contribution in [0.2, 0.25) is 5.02 Å². The Hall–Kier alpha value is -3.50. The summed E-state index contributed by atoms with van der Waals surface area (Å²) >= 11 is 6.28. The second-order valence-corrected chi connectivity index (χ2v) is 8.20. The van der Waals surface area contributed by atoms with Gasteiger partial charge in [-0.2, -0.15) is 4.98 Å². The minimum absolute atomic E-state index is 0.000313. The molecule has 3 aromatic rings. The molecule has 34 heavy (non-hydrogen) atoms. The van der Waals surface area contributed by atoms with E-state index in [0.717, 1.165) is 24.9 Å². The van der Waals surface area contributed by atoms with E-state index in [9.17, 15) is 5.11 Å². The Balaban J connectivity index is 1.61. The van der Waals surface area contributed by atoms with Crippen molar-refractivity contribution in [1.82, 2.24) is 19.9 Å². The van der Waals surface area contributed by atoms with Gasteiger partial charge < -0.3 is 25.8 Å². The molecule has 0 amide bonds. The van der Waals surface area contributed by atoms with E-state index in [1.54, 1.807) is 31.8 Å². The molecule has 0 saturated carbocycles. The number of rotatable bonds is 9. The molecule has 4 rings (SSSR count). The molecule has 1 aliphatic heterocycles. The lowest BCUT2D eigenvalue weighted by Gasteiger charge is -2.24. The van der Waals surface area contributed by atoms with Gasteiger partial charge in [0.15, 0.2) is 0 Å². The van der Waals surface area contributed by atoms with Crippen LogP contribution in [0.3, 0.4) is 0 Å². The molecule has 0 radical (unpaired) electrons. The largest absolute Gasteiger partial charge is 0.495 e. The van der Waals surface area contributed by atoms with Crippen molar-refractivity contribution in [2.75, 3.05) is 30.5 Å². The van der Waals surface area contributed by atoms with Gasteiger partial charge in [0.2, 0.25) is 5.95 Å². The number of hydrogen-bond acceptors (Lipinski definition) is 9. The summed E-state index contributed by atoms with van der Waals surface area (Å²) in [6, 6.07) is 7.32. The minimum atomic E-state index is 0.000313. The maximum atomic E-state index is 9.72. The van der Waals surface area contributed by atoms with E-state index in [2.05, 4.69) is 25.3 Å². The summed E-state index contributed by atoms with van der Waals surface area (Å²) in [5, 5.41) is 13.6. The van der Waals surface area contributed by atoms with Crippen LogP contribution in [0.5, 0.6) is 5.75 Å². The van der Waals surface area contributed by atoms with Crippen molar-refractivity contribution in [2.45, 2.75) is 32.0 Å². The van der Waals surface area contributed by atoms with Crippen LogP contribution in [-0.4, -0.2) is 57.2 Å². The van der Waals surface area contributed by atoms with E-state index in [1.807, 2.05) is 23.1 Å². The first-order chi connectivity index (χ1) is 16.6. The number of anilines is 2. The highest BCUT2D eigenvalue weighted by atomic mass is 35.5. The number of aromatic nitrogens is 4. The zero-order valence-electron chi connectivity index (χ0n) is 18.9. The van der Waals surface area contributed by atoms with Gasteiger partial charge in [0.25, 0.3) is 0 Å². The van der Waals surface area contributed by atoms with E-state index < -0.39 is 0 Å². The van der Waals surface area contributed by atoms with E-state index in [4.69, 9.17) is 27.1 Å². The third-order valence-electron chi connectivity index (χ3n) is 5.58. The van der Waals surface area contributed by atoms with Gasteiger partial charge in [0, 0.05) is 31.7 Å². The molecule has 10 nitrogen and oxygen atoms in total. The summed E-state index contributed by atoms with van der Waals surface area (Å²) in [6.45, 7) is 1.53. The molecule has 0 unspecified atom stereocenters. The Morgan fingerprint density at radius 3 is 2.88 bits per heavy atom. The zero-order chi connectivity index (χ0) is 23.9. The van der Waals surface area contributed by atoms with Crippen LogP contribution in [0.4, 0.5) is 11.8 Å². The smallest absolute Gasteiger partial charge is 0.227 e. The summed E-state index contributed by atoms with van der Waals surface area (Å²) in [6.07, 6.45) is 6.85. The maximum absolute atomic E-state index is 9.72. The van der Waals surface area contributed by atoms with Gasteiger partial charge in [-0.05, 0) is 36.6 Å². The van der Waals surface area contributed by atoms with Gasteiger partial charge in [0.05, 0.1) is 30.3 Å². The third kappa shape index (κ3) is 5.52. The average molecular weight is 483 g/mol. The second kappa shape index (κ2) is 11.1. The van der Waals surface area contributed by atoms with Crippen LogP contribution in [0.25, 0.3) is 0 Å². The molecule has 1 aliphatic rings. The number of aliphatic hydroxyl groups is 1. The van der Waals surface area contributed by atoms with Crippen LogP contribution >= 0.6 is 11.6 Å². The summed E-state index contributed by atoms with van der Waals surface area (Å²) in [7, 11) is 1.58. The molecule has 11 heteroatoms. The van der Waals surface area contributed by atoms with Crippen molar-refractivity contribution in [2.24, 2.45) is 10.7 Å². The van der Waals surface area contributed by atoms with Gasteiger partial charge in [0.1, 0.15) is 29.8 Å². The van der Waals surface area contributed by atoms with E-state index in [1.165, 1.54) is 0 Å². The fourth-order valence-corrected chi connectivity index (χ4v) is 4.06. The van der Waals surface area contributed by atoms with Gasteiger partial charge >= 0.3 is 0 Å². The first-order valence-electron chi connectivity index (χ1n) is 11.0.